The predicted octanol–water partition coefficient (Wildman–Crippen LogP) is -0.298. The van der Waals surface area contributed by atoms with Crippen LogP contribution in [0.1, 0.15) is 33.6 Å². The van der Waals surface area contributed by atoms with Crippen LogP contribution in [0.2, 0.25) is 0 Å². The van der Waals surface area contributed by atoms with Gasteiger partial charge in [0.2, 0.25) is 5.91 Å². The van der Waals surface area contributed by atoms with E-state index in [9.17, 15) is 14.7 Å². The molecule has 0 bridgehead atoms. The van der Waals surface area contributed by atoms with Gasteiger partial charge in [0.05, 0.1) is 18.1 Å². The van der Waals surface area contributed by atoms with Crippen LogP contribution in [-0.4, -0.2) is 40.3 Å². The molecule has 0 rings (SSSR count). The van der Waals surface area contributed by atoms with Crippen molar-refractivity contribution in [2.24, 2.45) is 11.7 Å². The van der Waals surface area contributed by atoms with Crippen molar-refractivity contribution in [3.05, 3.63) is 0 Å². The van der Waals surface area contributed by atoms with Gasteiger partial charge in [-0.05, 0) is 19.3 Å². The molecule has 1 amide bonds. The first-order valence-electron chi connectivity index (χ1n) is 5.61. The first-order valence-corrected chi connectivity index (χ1v) is 5.61. The van der Waals surface area contributed by atoms with E-state index in [1.165, 1.54) is 0 Å². The van der Waals surface area contributed by atoms with Crippen molar-refractivity contribution in [1.29, 1.82) is 0 Å². The van der Waals surface area contributed by atoms with Gasteiger partial charge in [-0.1, -0.05) is 13.8 Å². The summed E-state index contributed by atoms with van der Waals surface area (Å²) in [5.74, 6) is -1.38. The van der Waals surface area contributed by atoms with E-state index >= 15 is 0 Å². The van der Waals surface area contributed by atoms with Crippen molar-refractivity contribution in [3.8, 4) is 0 Å². The number of amides is 1. The second-order valence-electron chi connectivity index (χ2n) is 5.02. The molecule has 0 aromatic rings. The molecule has 0 aromatic heterocycles. The third kappa shape index (κ3) is 7.70. The largest absolute Gasteiger partial charge is 0.481 e. The number of aliphatic hydroxyl groups is 1. The van der Waals surface area contributed by atoms with Gasteiger partial charge in [-0.3, -0.25) is 9.59 Å². The van der Waals surface area contributed by atoms with Crippen LogP contribution >= 0.6 is 0 Å². The number of carbonyl (C=O) groups is 2. The smallest absolute Gasteiger partial charge is 0.305 e. The van der Waals surface area contributed by atoms with Crippen LogP contribution in [0.15, 0.2) is 0 Å². The number of hydrogen-bond donors (Lipinski definition) is 4. The molecule has 2 atom stereocenters. The van der Waals surface area contributed by atoms with Gasteiger partial charge < -0.3 is 21.3 Å². The first kappa shape index (κ1) is 15.9. The molecular weight excluding hydrogens is 224 g/mol. The zero-order valence-electron chi connectivity index (χ0n) is 10.6. The van der Waals surface area contributed by atoms with Crippen LogP contribution in [0.25, 0.3) is 0 Å². The SMILES string of the molecule is CC(C)CC(C)(O)CNC(=O)C(N)CC(=O)O. The summed E-state index contributed by atoms with van der Waals surface area (Å²) < 4.78 is 0. The van der Waals surface area contributed by atoms with E-state index in [0.29, 0.717) is 12.3 Å². The summed E-state index contributed by atoms with van der Waals surface area (Å²) >= 11 is 0. The molecular formula is C11H22N2O4. The average molecular weight is 246 g/mol. The Morgan fingerprint density at radius 2 is 1.94 bits per heavy atom. The Morgan fingerprint density at radius 1 is 1.41 bits per heavy atom. The second-order valence-corrected chi connectivity index (χ2v) is 5.02. The van der Waals surface area contributed by atoms with Gasteiger partial charge in [0, 0.05) is 6.54 Å². The highest BCUT2D eigenvalue weighted by molar-refractivity contribution is 5.85. The molecule has 6 heteroatoms. The molecule has 0 spiro atoms. The lowest BCUT2D eigenvalue weighted by Crippen LogP contribution is -2.48. The van der Waals surface area contributed by atoms with E-state index in [0.717, 1.165) is 0 Å². The van der Waals surface area contributed by atoms with Crippen molar-refractivity contribution in [2.45, 2.75) is 45.3 Å². The van der Waals surface area contributed by atoms with Crippen LogP contribution in [0.4, 0.5) is 0 Å². The molecule has 0 saturated heterocycles. The van der Waals surface area contributed by atoms with Gasteiger partial charge in [-0.15, -0.1) is 0 Å². The summed E-state index contributed by atoms with van der Waals surface area (Å²) in [5.41, 5.74) is 4.37. The molecule has 0 fully saturated rings. The maximum atomic E-state index is 11.4. The summed E-state index contributed by atoms with van der Waals surface area (Å²) in [6.45, 7) is 5.62. The number of nitrogens with two attached hydrogens (primary N) is 1. The van der Waals surface area contributed by atoms with E-state index in [4.69, 9.17) is 10.8 Å². The first-order chi connectivity index (χ1) is 7.64. The summed E-state index contributed by atoms with van der Waals surface area (Å²) in [5, 5.41) is 20.9. The van der Waals surface area contributed by atoms with Gasteiger partial charge in [0.25, 0.3) is 0 Å². The number of carboxylic acid groups (broad SMARTS) is 1. The zero-order valence-corrected chi connectivity index (χ0v) is 10.6. The zero-order chi connectivity index (χ0) is 13.6. The normalized spacial score (nSPS) is 16.4. The van der Waals surface area contributed by atoms with Gasteiger partial charge in [-0.25, -0.2) is 0 Å². The van der Waals surface area contributed by atoms with E-state index in [1.807, 2.05) is 13.8 Å². The van der Waals surface area contributed by atoms with Crippen LogP contribution in [0.5, 0.6) is 0 Å². The van der Waals surface area contributed by atoms with Gasteiger partial charge >= 0.3 is 5.97 Å². The monoisotopic (exact) mass is 246 g/mol. The van der Waals surface area contributed by atoms with Crippen molar-refractivity contribution in [3.63, 3.8) is 0 Å². The Bertz CT molecular complexity index is 277. The van der Waals surface area contributed by atoms with Gasteiger partial charge in [0.15, 0.2) is 0 Å². The molecule has 0 aliphatic heterocycles. The summed E-state index contributed by atoms with van der Waals surface area (Å²) in [4.78, 5) is 21.8. The summed E-state index contributed by atoms with van der Waals surface area (Å²) in [7, 11) is 0. The molecule has 0 aromatic carbocycles. The number of hydrogen-bond acceptors (Lipinski definition) is 4. The van der Waals surface area contributed by atoms with Crippen molar-refractivity contribution < 1.29 is 19.8 Å². The lowest BCUT2D eigenvalue weighted by molar-refractivity contribution is -0.139. The molecule has 0 heterocycles. The van der Waals surface area contributed by atoms with E-state index in [2.05, 4.69) is 5.32 Å². The Kier molecular flexibility index (Phi) is 6.12. The fraction of sp³-hybridized carbons (Fsp3) is 0.818. The average Bonchev–Trinajstić information content (AvgIpc) is 2.11. The lowest BCUT2D eigenvalue weighted by atomic mass is 9.94. The van der Waals surface area contributed by atoms with Crippen LogP contribution in [-0.2, 0) is 9.59 Å². The minimum absolute atomic E-state index is 0.0668. The van der Waals surface area contributed by atoms with Crippen LogP contribution < -0.4 is 11.1 Å². The van der Waals surface area contributed by atoms with E-state index in [-0.39, 0.29) is 6.54 Å². The molecule has 2 unspecified atom stereocenters. The Hall–Kier alpha value is -1.14. The van der Waals surface area contributed by atoms with Crippen molar-refractivity contribution in [1.82, 2.24) is 5.32 Å². The van der Waals surface area contributed by atoms with Crippen molar-refractivity contribution >= 4 is 11.9 Å². The molecule has 5 N–H and O–H groups in total. The molecule has 0 radical (unpaired) electrons. The van der Waals surface area contributed by atoms with Crippen molar-refractivity contribution in [2.75, 3.05) is 6.54 Å². The fourth-order valence-corrected chi connectivity index (χ4v) is 1.64. The number of aliphatic carboxylic acids is 1. The highest BCUT2D eigenvalue weighted by atomic mass is 16.4. The van der Waals surface area contributed by atoms with Crippen LogP contribution in [0.3, 0.4) is 0 Å². The predicted molar refractivity (Wildman–Crippen MR) is 63.3 cm³/mol. The van der Waals surface area contributed by atoms with Gasteiger partial charge in [0.1, 0.15) is 0 Å². The minimum Gasteiger partial charge on any atom is -0.481 e. The van der Waals surface area contributed by atoms with Crippen LogP contribution in [0, 0.1) is 5.92 Å². The molecule has 100 valence electrons. The number of carbonyl (C=O) groups excluding carboxylic acids is 1. The van der Waals surface area contributed by atoms with E-state index < -0.39 is 29.9 Å². The highest BCUT2D eigenvalue weighted by Crippen LogP contribution is 2.14. The maximum absolute atomic E-state index is 11.4. The number of nitrogens with one attached hydrogen (secondary N) is 1. The molecule has 0 aliphatic rings. The highest BCUT2D eigenvalue weighted by Gasteiger charge is 2.24. The Balaban J connectivity index is 4.10. The maximum Gasteiger partial charge on any atom is 0.305 e. The molecule has 6 nitrogen and oxygen atoms in total. The van der Waals surface area contributed by atoms with E-state index in [1.54, 1.807) is 6.92 Å². The molecule has 0 aliphatic carbocycles. The molecule has 17 heavy (non-hydrogen) atoms. The molecule has 0 saturated carbocycles. The second kappa shape index (κ2) is 6.56. The summed E-state index contributed by atoms with van der Waals surface area (Å²) in [6.07, 6.45) is 0.125. The summed E-state index contributed by atoms with van der Waals surface area (Å²) in [6, 6.07) is -1.08. The standard InChI is InChI=1S/C11H22N2O4/c1-7(2)5-11(3,17)6-13-10(16)8(12)4-9(14)15/h7-8,17H,4-6,12H2,1-3H3,(H,13,16)(H,14,15). The third-order valence-corrected chi connectivity index (χ3v) is 2.22. The Morgan fingerprint density at radius 3 is 2.35 bits per heavy atom. The fourth-order valence-electron chi connectivity index (χ4n) is 1.64. The number of carboxylic acids is 1. The lowest BCUT2D eigenvalue weighted by Gasteiger charge is -2.26. The topological polar surface area (TPSA) is 113 Å². The minimum atomic E-state index is -1.12. The third-order valence-electron chi connectivity index (χ3n) is 2.22. The number of rotatable bonds is 7. The quantitative estimate of drug-likeness (QED) is 0.492. The van der Waals surface area contributed by atoms with Gasteiger partial charge in [-0.2, -0.15) is 0 Å². The Labute approximate surface area is 101 Å².